The number of fused-ring (bicyclic) bond motifs is 1. The highest BCUT2D eigenvalue weighted by molar-refractivity contribution is 7.99. The molecule has 1 saturated carbocycles. The third-order valence-electron chi connectivity index (χ3n) is 5.20. The molecule has 33 heavy (non-hydrogen) atoms. The van der Waals surface area contributed by atoms with Crippen LogP contribution < -0.4 is 19.5 Å². The molecule has 2 aliphatic rings. The van der Waals surface area contributed by atoms with Gasteiger partial charge in [0.05, 0.1) is 24.0 Å². The highest BCUT2D eigenvalue weighted by atomic mass is 35.5. The van der Waals surface area contributed by atoms with E-state index in [1.54, 1.807) is 12.1 Å². The zero-order valence-electron chi connectivity index (χ0n) is 17.8. The van der Waals surface area contributed by atoms with Crippen LogP contribution in [0, 0.1) is 0 Å². The van der Waals surface area contributed by atoms with Gasteiger partial charge in [0.15, 0.2) is 22.5 Å². The van der Waals surface area contributed by atoms with E-state index in [0.717, 1.165) is 25.1 Å². The normalized spacial score (nSPS) is 15.1. The lowest BCUT2D eigenvalue weighted by molar-refractivity contribution is -0.113. The minimum absolute atomic E-state index is 0.131. The zero-order valence-corrected chi connectivity index (χ0v) is 19.4. The number of halogens is 1. The van der Waals surface area contributed by atoms with E-state index in [1.807, 2.05) is 30.3 Å². The Labute approximate surface area is 200 Å². The highest BCUT2D eigenvalue weighted by Gasteiger charge is 2.30. The number of amides is 1. The molecule has 1 amide bonds. The number of thioether (sulfide) groups is 1. The maximum atomic E-state index is 12.6. The molecule has 172 valence electrons. The van der Waals surface area contributed by atoms with Crippen molar-refractivity contribution in [2.75, 3.05) is 24.3 Å². The summed E-state index contributed by atoms with van der Waals surface area (Å²) in [5, 5.41) is 12.8. The number of aromatic nitrogens is 3. The van der Waals surface area contributed by atoms with Gasteiger partial charge in [0.2, 0.25) is 5.91 Å². The molecule has 2 heterocycles. The highest BCUT2D eigenvalue weighted by Crippen LogP contribution is 2.39. The molecule has 8 nitrogen and oxygen atoms in total. The molecule has 1 fully saturated rings. The van der Waals surface area contributed by atoms with Crippen LogP contribution in [0.25, 0.3) is 0 Å². The lowest BCUT2D eigenvalue weighted by Crippen LogP contribution is -2.15. The summed E-state index contributed by atoms with van der Waals surface area (Å²) < 4.78 is 19.2. The number of carbonyl (C=O) groups excluding carboxylic acids is 1. The molecular formula is C23H23ClN4O4S. The Hall–Kier alpha value is -2.91. The summed E-state index contributed by atoms with van der Waals surface area (Å²) in [5.74, 6) is 2.76. The molecule has 3 aromatic rings. The molecule has 0 atom stereocenters. The number of nitrogens with one attached hydrogen (secondary N) is 1. The average molecular weight is 487 g/mol. The van der Waals surface area contributed by atoms with E-state index < -0.39 is 0 Å². The van der Waals surface area contributed by atoms with Crippen molar-refractivity contribution in [2.24, 2.45) is 0 Å². The van der Waals surface area contributed by atoms with Crippen molar-refractivity contribution >= 4 is 35.0 Å². The third kappa shape index (κ3) is 5.36. The van der Waals surface area contributed by atoms with Gasteiger partial charge in [0, 0.05) is 24.2 Å². The number of nitrogens with zero attached hydrogens (tertiary/aromatic N) is 3. The van der Waals surface area contributed by atoms with E-state index in [4.69, 9.17) is 25.8 Å². The fourth-order valence-corrected chi connectivity index (χ4v) is 4.49. The lowest BCUT2D eigenvalue weighted by atomic mass is 10.2. The van der Waals surface area contributed by atoms with E-state index in [-0.39, 0.29) is 18.3 Å². The molecule has 0 saturated heterocycles. The molecule has 10 heteroatoms. The molecule has 0 spiro atoms. The van der Waals surface area contributed by atoms with Crippen LogP contribution in [-0.4, -0.2) is 39.6 Å². The molecule has 0 unspecified atom stereocenters. The fraction of sp³-hybridized carbons (Fsp3) is 0.348. The summed E-state index contributed by atoms with van der Waals surface area (Å²) in [6, 6.07) is 13.1. The second-order valence-electron chi connectivity index (χ2n) is 7.77. The van der Waals surface area contributed by atoms with Gasteiger partial charge in [-0.1, -0.05) is 35.5 Å². The molecule has 5 rings (SSSR count). The smallest absolute Gasteiger partial charge is 0.234 e. The third-order valence-corrected chi connectivity index (χ3v) is 6.46. The standard InChI is InChI=1S/C23H23ClN4O4S/c24-17-4-1-2-5-18(17)32-13-21-26-27-23(28(21)16-7-8-16)33-14-22(29)25-15-6-9-19-20(12-15)31-11-3-10-30-19/h1-2,4-6,9,12,16H,3,7-8,10-11,13-14H2,(H,25,29). The number of anilines is 1. The van der Waals surface area contributed by atoms with Crippen LogP contribution in [0.3, 0.4) is 0 Å². The second-order valence-corrected chi connectivity index (χ2v) is 9.12. The van der Waals surface area contributed by atoms with E-state index >= 15 is 0 Å². The summed E-state index contributed by atoms with van der Waals surface area (Å²) in [6.07, 6.45) is 2.96. The van der Waals surface area contributed by atoms with E-state index in [0.29, 0.717) is 52.4 Å². The quantitative estimate of drug-likeness (QED) is 0.460. The first-order valence-electron chi connectivity index (χ1n) is 10.8. The number of rotatable bonds is 8. The first-order chi connectivity index (χ1) is 16.2. The maximum absolute atomic E-state index is 12.6. The fourth-order valence-electron chi connectivity index (χ4n) is 3.48. The number of hydrogen-bond acceptors (Lipinski definition) is 7. The van der Waals surface area contributed by atoms with Crippen molar-refractivity contribution in [3.05, 3.63) is 53.3 Å². The van der Waals surface area contributed by atoms with Crippen LogP contribution in [0.5, 0.6) is 17.2 Å². The summed E-state index contributed by atoms with van der Waals surface area (Å²) in [7, 11) is 0. The predicted molar refractivity (Wildman–Crippen MR) is 125 cm³/mol. The van der Waals surface area contributed by atoms with Gasteiger partial charge in [0.1, 0.15) is 12.4 Å². The summed E-state index contributed by atoms with van der Waals surface area (Å²) >= 11 is 7.54. The summed E-state index contributed by atoms with van der Waals surface area (Å²) in [4.78, 5) is 12.6. The van der Waals surface area contributed by atoms with Crippen LogP contribution in [0.1, 0.15) is 31.1 Å². The average Bonchev–Trinajstić information content (AvgIpc) is 3.61. The Bertz CT molecular complexity index is 1150. The summed E-state index contributed by atoms with van der Waals surface area (Å²) in [6.45, 7) is 1.49. The van der Waals surface area contributed by atoms with Gasteiger partial charge in [-0.15, -0.1) is 10.2 Å². The van der Waals surface area contributed by atoms with E-state index in [9.17, 15) is 4.79 Å². The van der Waals surface area contributed by atoms with Gasteiger partial charge in [-0.3, -0.25) is 9.36 Å². The number of ether oxygens (including phenoxy) is 3. The number of carbonyl (C=O) groups is 1. The molecule has 1 aromatic heterocycles. The van der Waals surface area contributed by atoms with E-state index in [2.05, 4.69) is 20.1 Å². The molecule has 1 aliphatic carbocycles. The van der Waals surface area contributed by atoms with Gasteiger partial charge >= 0.3 is 0 Å². The van der Waals surface area contributed by atoms with Crippen molar-refractivity contribution in [3.63, 3.8) is 0 Å². The molecule has 1 aliphatic heterocycles. The molecule has 0 bridgehead atoms. The minimum Gasteiger partial charge on any atom is -0.490 e. The van der Waals surface area contributed by atoms with E-state index in [1.165, 1.54) is 11.8 Å². The van der Waals surface area contributed by atoms with Gasteiger partial charge in [0.25, 0.3) is 0 Å². The lowest BCUT2D eigenvalue weighted by Gasteiger charge is -2.11. The van der Waals surface area contributed by atoms with Crippen molar-refractivity contribution in [2.45, 2.75) is 37.1 Å². The first kappa shape index (κ1) is 21.9. The first-order valence-corrected chi connectivity index (χ1v) is 12.2. The Morgan fingerprint density at radius 2 is 1.97 bits per heavy atom. The SMILES string of the molecule is O=C(CSc1nnc(COc2ccccc2Cl)n1C1CC1)Nc1ccc2c(c1)OCCCO2. The van der Waals surface area contributed by atoms with Gasteiger partial charge in [-0.2, -0.15) is 0 Å². The number of para-hydroxylation sites is 1. The van der Waals surface area contributed by atoms with Crippen LogP contribution in [0.15, 0.2) is 47.6 Å². The van der Waals surface area contributed by atoms with Crippen molar-refractivity contribution in [1.82, 2.24) is 14.8 Å². The van der Waals surface area contributed by atoms with Gasteiger partial charge < -0.3 is 19.5 Å². The van der Waals surface area contributed by atoms with Crippen LogP contribution in [0.4, 0.5) is 5.69 Å². The molecular weight excluding hydrogens is 464 g/mol. The zero-order chi connectivity index (χ0) is 22.6. The Morgan fingerprint density at radius 3 is 2.79 bits per heavy atom. The Balaban J connectivity index is 1.20. The molecule has 1 N–H and O–H groups in total. The Kier molecular flexibility index (Phi) is 6.59. The van der Waals surface area contributed by atoms with Crippen LogP contribution in [0.2, 0.25) is 5.02 Å². The van der Waals surface area contributed by atoms with Crippen LogP contribution >= 0.6 is 23.4 Å². The van der Waals surface area contributed by atoms with Gasteiger partial charge in [-0.05, 0) is 37.1 Å². The number of hydrogen-bond donors (Lipinski definition) is 1. The molecule has 2 aromatic carbocycles. The van der Waals surface area contributed by atoms with Crippen molar-refractivity contribution in [1.29, 1.82) is 0 Å². The largest absolute Gasteiger partial charge is 0.490 e. The topological polar surface area (TPSA) is 87.5 Å². The molecule has 0 radical (unpaired) electrons. The van der Waals surface area contributed by atoms with Crippen molar-refractivity contribution in [3.8, 4) is 17.2 Å². The van der Waals surface area contributed by atoms with Crippen LogP contribution in [-0.2, 0) is 11.4 Å². The van der Waals surface area contributed by atoms with Gasteiger partial charge in [-0.25, -0.2) is 0 Å². The summed E-state index contributed by atoms with van der Waals surface area (Å²) in [5.41, 5.74) is 0.669. The maximum Gasteiger partial charge on any atom is 0.234 e. The number of benzene rings is 2. The minimum atomic E-state index is -0.131. The second kappa shape index (κ2) is 9.93. The Morgan fingerprint density at radius 1 is 1.15 bits per heavy atom. The monoisotopic (exact) mass is 486 g/mol. The predicted octanol–water partition coefficient (Wildman–Crippen LogP) is 4.74. The van der Waals surface area contributed by atoms with Crippen molar-refractivity contribution < 1.29 is 19.0 Å².